The number of hydrogen-bond acceptors (Lipinski definition) is 8. The second-order valence-corrected chi connectivity index (χ2v) is 10.5. The number of nitrogens with zero attached hydrogens (tertiary/aromatic N) is 1. The van der Waals surface area contributed by atoms with Crippen LogP contribution in [0.1, 0.15) is 68.9 Å². The third kappa shape index (κ3) is 3.98. The summed E-state index contributed by atoms with van der Waals surface area (Å²) in [6, 6.07) is 4.07. The van der Waals surface area contributed by atoms with Crippen LogP contribution in [-0.2, 0) is 25.5 Å². The van der Waals surface area contributed by atoms with Crippen molar-refractivity contribution in [2.75, 3.05) is 34.1 Å². The molecule has 36 heavy (non-hydrogen) atoms. The van der Waals surface area contributed by atoms with Crippen molar-refractivity contribution in [2.45, 2.75) is 75.3 Å². The van der Waals surface area contributed by atoms with Gasteiger partial charge in [0.2, 0.25) is 6.79 Å². The molecule has 0 saturated carbocycles. The predicted molar refractivity (Wildman–Crippen MR) is 132 cm³/mol. The number of Topliss-reactive ketones (excluding diaryl/α,β-unsaturated/α-hetero) is 1. The van der Waals surface area contributed by atoms with Crippen LogP contribution in [0.15, 0.2) is 24.0 Å². The zero-order valence-corrected chi connectivity index (χ0v) is 21.5. The Kier molecular flexibility index (Phi) is 6.76. The first-order chi connectivity index (χ1) is 17.4. The summed E-state index contributed by atoms with van der Waals surface area (Å²) in [5.41, 5.74) is -0.0499. The number of carbonyl (C=O) groups excluding carboxylic acids is 2. The predicted octanol–water partition coefficient (Wildman–Crippen LogP) is 3.49. The molecule has 196 valence electrons. The van der Waals surface area contributed by atoms with E-state index < -0.39 is 17.5 Å². The SMILES string of the molecule is CCCCC[C@@](O)(CC(=O)OC)C(=O)[C@@H]1C(OC)=C[C@]23CCCN2CCc2cc4c(cc2[C@H]13)OCO4. The van der Waals surface area contributed by atoms with Crippen LogP contribution in [0.5, 0.6) is 11.5 Å². The molecule has 1 aliphatic carbocycles. The van der Waals surface area contributed by atoms with Gasteiger partial charge in [-0.25, -0.2) is 0 Å². The number of carbonyl (C=O) groups is 2. The summed E-state index contributed by atoms with van der Waals surface area (Å²) < 4.78 is 22.1. The van der Waals surface area contributed by atoms with Gasteiger partial charge in [0.1, 0.15) is 11.4 Å². The molecule has 3 heterocycles. The number of unbranched alkanes of at least 4 members (excludes halogenated alkanes) is 2. The number of allylic oxidation sites excluding steroid dienone is 1. The Hall–Kier alpha value is -2.58. The van der Waals surface area contributed by atoms with Crippen molar-refractivity contribution in [3.63, 3.8) is 0 Å². The lowest BCUT2D eigenvalue weighted by Crippen LogP contribution is -2.51. The fraction of sp³-hybridized carbons (Fsp3) is 0.643. The molecule has 0 radical (unpaired) electrons. The molecule has 4 atom stereocenters. The maximum absolute atomic E-state index is 14.4. The molecule has 3 aliphatic heterocycles. The summed E-state index contributed by atoms with van der Waals surface area (Å²) in [7, 11) is 2.87. The Labute approximate surface area is 212 Å². The van der Waals surface area contributed by atoms with Crippen LogP contribution < -0.4 is 9.47 Å². The quantitative estimate of drug-likeness (QED) is 0.408. The summed E-state index contributed by atoms with van der Waals surface area (Å²) in [4.78, 5) is 29.2. The molecule has 1 aromatic rings. The van der Waals surface area contributed by atoms with E-state index in [1.165, 1.54) is 7.11 Å². The summed E-state index contributed by atoms with van der Waals surface area (Å²) >= 11 is 0. The van der Waals surface area contributed by atoms with Crippen molar-refractivity contribution in [2.24, 2.45) is 5.92 Å². The molecule has 0 aromatic heterocycles. The Morgan fingerprint density at radius 2 is 1.97 bits per heavy atom. The molecule has 4 aliphatic rings. The van der Waals surface area contributed by atoms with Crippen molar-refractivity contribution in [1.29, 1.82) is 0 Å². The number of fused-ring (bicyclic) bond motifs is 3. The molecule has 8 heteroatoms. The topological polar surface area (TPSA) is 94.5 Å². The number of hydrogen-bond donors (Lipinski definition) is 1. The summed E-state index contributed by atoms with van der Waals surface area (Å²) in [5, 5.41) is 11.8. The van der Waals surface area contributed by atoms with Gasteiger partial charge in [0, 0.05) is 12.5 Å². The standard InChI is InChI=1S/C28H37NO7/c1-4-5-6-10-28(32,16-23(30)34-3)26(31)24-22(33-2)15-27-9-7-11-29(27)12-8-18-13-20-21(36-17-35-20)14-19(18)25(24)27/h13-15,24-25,32H,4-12,16-17H2,1-3H3/t24-,25-,27+,28-/m1/s1. The second-order valence-electron chi connectivity index (χ2n) is 10.5. The van der Waals surface area contributed by atoms with E-state index in [9.17, 15) is 14.7 Å². The van der Waals surface area contributed by atoms with Crippen molar-refractivity contribution in [3.8, 4) is 11.5 Å². The maximum atomic E-state index is 14.4. The van der Waals surface area contributed by atoms with Crippen molar-refractivity contribution in [1.82, 2.24) is 4.90 Å². The third-order valence-electron chi connectivity index (χ3n) is 8.62. The highest BCUT2D eigenvalue weighted by molar-refractivity contribution is 5.96. The molecule has 1 saturated heterocycles. The first-order valence-electron chi connectivity index (χ1n) is 13.1. The van der Waals surface area contributed by atoms with Crippen LogP contribution in [0.2, 0.25) is 0 Å². The van der Waals surface area contributed by atoms with Crippen molar-refractivity contribution >= 4 is 11.8 Å². The van der Waals surface area contributed by atoms with E-state index in [-0.39, 0.29) is 36.9 Å². The lowest BCUT2D eigenvalue weighted by atomic mass is 9.69. The van der Waals surface area contributed by atoms with E-state index in [0.29, 0.717) is 17.9 Å². The summed E-state index contributed by atoms with van der Waals surface area (Å²) in [5.74, 6) is 0.0455. The molecule has 0 amide bonds. The highest BCUT2D eigenvalue weighted by Crippen LogP contribution is 2.58. The molecular formula is C28H37NO7. The third-order valence-corrected chi connectivity index (χ3v) is 8.62. The fourth-order valence-electron chi connectivity index (χ4n) is 6.88. The Morgan fingerprint density at radius 3 is 2.69 bits per heavy atom. The average molecular weight is 500 g/mol. The number of methoxy groups -OCH3 is 2. The van der Waals surface area contributed by atoms with E-state index in [0.717, 1.165) is 62.1 Å². The number of rotatable bonds is 9. The van der Waals surface area contributed by atoms with Gasteiger partial charge < -0.3 is 24.1 Å². The number of benzene rings is 1. The molecule has 0 bridgehead atoms. The van der Waals surface area contributed by atoms with Gasteiger partial charge in [-0.2, -0.15) is 0 Å². The molecule has 1 N–H and O–H groups in total. The highest BCUT2D eigenvalue weighted by Gasteiger charge is 2.60. The lowest BCUT2D eigenvalue weighted by molar-refractivity contribution is -0.156. The van der Waals surface area contributed by atoms with Gasteiger partial charge in [-0.1, -0.05) is 26.2 Å². The van der Waals surface area contributed by atoms with Gasteiger partial charge in [0.25, 0.3) is 0 Å². The first-order valence-corrected chi connectivity index (χ1v) is 13.1. The minimum atomic E-state index is -1.83. The van der Waals surface area contributed by atoms with E-state index in [2.05, 4.69) is 17.9 Å². The maximum Gasteiger partial charge on any atom is 0.308 e. The molecule has 1 aromatic carbocycles. The zero-order valence-electron chi connectivity index (χ0n) is 21.5. The minimum Gasteiger partial charge on any atom is -0.501 e. The number of ketones is 1. The summed E-state index contributed by atoms with van der Waals surface area (Å²) in [6.07, 6.45) is 7.17. The molecule has 5 rings (SSSR count). The van der Waals surface area contributed by atoms with Gasteiger partial charge in [0.05, 0.1) is 32.1 Å². The van der Waals surface area contributed by atoms with Crippen LogP contribution in [0.25, 0.3) is 0 Å². The number of esters is 1. The van der Waals surface area contributed by atoms with Crippen LogP contribution >= 0.6 is 0 Å². The van der Waals surface area contributed by atoms with E-state index in [1.54, 1.807) is 7.11 Å². The van der Waals surface area contributed by atoms with Gasteiger partial charge in [0.15, 0.2) is 17.3 Å². The van der Waals surface area contributed by atoms with Crippen LogP contribution in [0.4, 0.5) is 0 Å². The first kappa shape index (κ1) is 25.1. The van der Waals surface area contributed by atoms with E-state index in [1.807, 2.05) is 12.1 Å². The Morgan fingerprint density at radius 1 is 1.19 bits per heavy atom. The fourth-order valence-corrected chi connectivity index (χ4v) is 6.88. The minimum absolute atomic E-state index is 0.181. The van der Waals surface area contributed by atoms with Crippen LogP contribution in [-0.4, -0.2) is 67.0 Å². The van der Waals surface area contributed by atoms with Crippen molar-refractivity contribution < 1.29 is 33.6 Å². The lowest BCUT2D eigenvalue weighted by Gasteiger charge is -2.40. The Bertz CT molecular complexity index is 1070. The number of ether oxygens (including phenoxy) is 4. The monoisotopic (exact) mass is 499 g/mol. The largest absolute Gasteiger partial charge is 0.501 e. The molecular weight excluding hydrogens is 462 g/mol. The van der Waals surface area contributed by atoms with Crippen LogP contribution in [0, 0.1) is 5.92 Å². The highest BCUT2D eigenvalue weighted by atomic mass is 16.7. The smallest absolute Gasteiger partial charge is 0.308 e. The molecule has 1 spiro atoms. The van der Waals surface area contributed by atoms with Gasteiger partial charge in [-0.3, -0.25) is 14.5 Å². The van der Waals surface area contributed by atoms with Gasteiger partial charge in [-0.15, -0.1) is 0 Å². The molecule has 1 fully saturated rings. The average Bonchev–Trinajstić information content (AvgIpc) is 3.57. The Balaban J connectivity index is 1.62. The summed E-state index contributed by atoms with van der Waals surface area (Å²) in [6.45, 7) is 4.05. The van der Waals surface area contributed by atoms with E-state index >= 15 is 0 Å². The van der Waals surface area contributed by atoms with Crippen molar-refractivity contribution in [3.05, 3.63) is 35.1 Å². The number of aliphatic hydroxyl groups is 1. The molecule has 0 unspecified atom stereocenters. The zero-order chi connectivity index (χ0) is 25.5. The normalized spacial score (nSPS) is 27.8. The van der Waals surface area contributed by atoms with E-state index in [4.69, 9.17) is 18.9 Å². The molecule has 8 nitrogen and oxygen atoms in total. The van der Waals surface area contributed by atoms with Crippen LogP contribution in [0.3, 0.4) is 0 Å². The van der Waals surface area contributed by atoms with Gasteiger partial charge in [-0.05, 0) is 61.6 Å². The van der Waals surface area contributed by atoms with Gasteiger partial charge >= 0.3 is 5.97 Å². The second kappa shape index (κ2) is 9.71.